The monoisotopic (exact) mass is 388 g/mol. The number of cyclic esters (lactones) is 2. The van der Waals surface area contributed by atoms with E-state index in [1.807, 2.05) is 6.92 Å². The molecule has 0 atom stereocenters. The minimum absolute atomic E-state index is 0.0701. The van der Waals surface area contributed by atoms with Gasteiger partial charge in [0, 0.05) is 5.56 Å². The molecule has 0 aliphatic carbocycles. The highest BCUT2D eigenvalue weighted by atomic mass is 16.6. The van der Waals surface area contributed by atoms with E-state index in [9.17, 15) is 14.4 Å². The summed E-state index contributed by atoms with van der Waals surface area (Å²) in [7, 11) is 0. The van der Waals surface area contributed by atoms with Gasteiger partial charge in [-0.25, -0.2) is 4.79 Å². The Hall–Kier alpha value is -3.93. The van der Waals surface area contributed by atoms with Gasteiger partial charge in [0.05, 0.1) is 12.0 Å². The smallest absolute Gasteiger partial charge is 0.346 e. The van der Waals surface area contributed by atoms with E-state index in [1.54, 1.807) is 60.7 Å². The number of ether oxygens (including phenoxy) is 3. The van der Waals surface area contributed by atoms with Crippen molar-refractivity contribution >= 4 is 18.2 Å². The lowest BCUT2D eigenvalue weighted by molar-refractivity contribution is -0.137. The molecule has 6 nitrogen and oxygen atoms in total. The van der Waals surface area contributed by atoms with Gasteiger partial charge in [0.15, 0.2) is 0 Å². The predicted octanol–water partition coefficient (Wildman–Crippen LogP) is 4.63. The van der Waals surface area contributed by atoms with Crippen molar-refractivity contribution in [3.8, 4) is 23.0 Å². The lowest BCUT2D eigenvalue weighted by Gasteiger charge is -2.15. The zero-order chi connectivity index (χ0) is 20.4. The molecular weight excluding hydrogens is 372 g/mol. The van der Waals surface area contributed by atoms with E-state index >= 15 is 0 Å². The number of hydrogen-bond acceptors (Lipinski definition) is 6. The predicted molar refractivity (Wildman–Crippen MR) is 104 cm³/mol. The number of fused-ring (bicyclic) bond motifs is 1. The third kappa shape index (κ3) is 4.01. The summed E-state index contributed by atoms with van der Waals surface area (Å²) in [5, 5.41) is 0. The molecule has 1 heterocycles. The molecule has 3 aromatic carbocycles. The van der Waals surface area contributed by atoms with Gasteiger partial charge in [-0.2, -0.15) is 0 Å². The first-order chi connectivity index (χ1) is 14.0. The summed E-state index contributed by atoms with van der Waals surface area (Å²) in [6.07, 6.45) is 0.879. The first-order valence-corrected chi connectivity index (χ1v) is 8.91. The number of rotatable bonds is 5. The first kappa shape index (κ1) is 18.4. The summed E-state index contributed by atoms with van der Waals surface area (Å²) >= 11 is 0. The Morgan fingerprint density at radius 1 is 0.828 bits per heavy atom. The second-order valence-electron chi connectivity index (χ2n) is 6.57. The van der Waals surface area contributed by atoms with Crippen LogP contribution in [0, 0.1) is 6.92 Å². The van der Waals surface area contributed by atoms with E-state index in [0.717, 1.165) is 11.8 Å². The van der Waals surface area contributed by atoms with Crippen LogP contribution in [0.5, 0.6) is 23.0 Å². The van der Waals surface area contributed by atoms with Crippen LogP contribution in [0.1, 0.15) is 31.8 Å². The summed E-state index contributed by atoms with van der Waals surface area (Å²) in [4.78, 5) is 34.1. The fraction of sp³-hybridized carbons (Fsp3) is 0.0870. The summed E-state index contributed by atoms with van der Waals surface area (Å²) in [6, 6.07) is 17.2. The fourth-order valence-electron chi connectivity index (χ4n) is 3.00. The van der Waals surface area contributed by atoms with Crippen LogP contribution in [0.3, 0.4) is 0 Å². The third-order valence-corrected chi connectivity index (χ3v) is 4.51. The molecule has 144 valence electrons. The number of carbonyl (C=O) groups excluding carboxylic acids is 3. The molecule has 0 bridgehead atoms. The van der Waals surface area contributed by atoms with Gasteiger partial charge in [-0.1, -0.05) is 6.07 Å². The minimum atomic E-state index is -0.665. The Morgan fingerprint density at radius 2 is 1.41 bits per heavy atom. The Bertz CT molecular complexity index is 1110. The van der Waals surface area contributed by atoms with Gasteiger partial charge in [-0.3, -0.25) is 9.59 Å². The molecule has 0 aromatic heterocycles. The first-order valence-electron chi connectivity index (χ1n) is 8.91. The van der Waals surface area contributed by atoms with Gasteiger partial charge >= 0.3 is 11.9 Å². The largest absolute Gasteiger partial charge is 0.457 e. The van der Waals surface area contributed by atoms with Gasteiger partial charge in [-0.05, 0) is 72.6 Å². The van der Waals surface area contributed by atoms with Crippen molar-refractivity contribution in [3.05, 3.63) is 82.9 Å². The molecule has 0 amide bonds. The zero-order valence-electron chi connectivity index (χ0n) is 15.5. The van der Waals surface area contributed by atoms with Gasteiger partial charge in [0.2, 0.25) is 0 Å². The van der Waals surface area contributed by atoms with Gasteiger partial charge in [0.25, 0.3) is 0 Å². The van der Waals surface area contributed by atoms with Gasteiger partial charge in [-0.15, -0.1) is 0 Å². The van der Waals surface area contributed by atoms with Crippen LogP contribution in [-0.4, -0.2) is 18.2 Å². The molecule has 1 aliphatic heterocycles. The van der Waals surface area contributed by atoms with Gasteiger partial charge < -0.3 is 14.2 Å². The van der Waals surface area contributed by atoms with Crippen LogP contribution in [-0.2, 0) is 16.0 Å². The molecule has 0 fully saturated rings. The number of hydrogen-bond donors (Lipinski definition) is 0. The molecule has 3 aromatic rings. The summed E-state index contributed by atoms with van der Waals surface area (Å²) in [5.41, 5.74) is 2.42. The highest BCUT2D eigenvalue weighted by molar-refractivity contribution is 6.02. The summed E-state index contributed by atoms with van der Waals surface area (Å²) < 4.78 is 16.2. The molecule has 0 spiro atoms. The third-order valence-electron chi connectivity index (χ3n) is 4.51. The average molecular weight is 388 g/mol. The summed E-state index contributed by atoms with van der Waals surface area (Å²) in [6.45, 7) is 1.85. The number of benzene rings is 3. The lowest BCUT2D eigenvalue weighted by atomic mass is 10.0. The van der Waals surface area contributed by atoms with Crippen molar-refractivity contribution in [2.75, 3.05) is 0 Å². The topological polar surface area (TPSA) is 78.9 Å². The molecule has 1 aliphatic rings. The van der Waals surface area contributed by atoms with E-state index < -0.39 is 11.9 Å². The molecule has 29 heavy (non-hydrogen) atoms. The quantitative estimate of drug-likeness (QED) is 0.360. The normalized spacial score (nSPS) is 12.7. The van der Waals surface area contributed by atoms with E-state index in [0.29, 0.717) is 39.7 Å². The Kier molecular flexibility index (Phi) is 4.83. The van der Waals surface area contributed by atoms with E-state index in [4.69, 9.17) is 9.47 Å². The van der Waals surface area contributed by atoms with Crippen molar-refractivity contribution in [1.29, 1.82) is 0 Å². The highest BCUT2D eigenvalue weighted by Gasteiger charge is 2.25. The second kappa shape index (κ2) is 7.59. The SMILES string of the molecule is Cc1cc(Oc2ccc(Oc3ccc4c(c3)C(=O)OC(=O)C4)cc2)ccc1C=O. The van der Waals surface area contributed by atoms with Crippen LogP contribution in [0.2, 0.25) is 0 Å². The maximum atomic E-state index is 11.8. The molecule has 6 heteroatoms. The maximum Gasteiger partial charge on any atom is 0.346 e. The van der Waals surface area contributed by atoms with Gasteiger partial charge in [0.1, 0.15) is 29.3 Å². The lowest BCUT2D eigenvalue weighted by Crippen LogP contribution is -2.22. The number of aryl methyl sites for hydroxylation is 1. The van der Waals surface area contributed by atoms with E-state index in [-0.39, 0.29) is 6.42 Å². The molecule has 0 radical (unpaired) electrons. The molecule has 0 saturated heterocycles. The Morgan fingerprint density at radius 3 is 2.03 bits per heavy atom. The van der Waals surface area contributed by atoms with Crippen LogP contribution >= 0.6 is 0 Å². The Balaban J connectivity index is 1.47. The Labute approximate surface area is 166 Å². The fourth-order valence-corrected chi connectivity index (χ4v) is 3.00. The maximum absolute atomic E-state index is 11.8. The van der Waals surface area contributed by atoms with E-state index in [1.165, 1.54) is 0 Å². The van der Waals surface area contributed by atoms with Crippen molar-refractivity contribution < 1.29 is 28.6 Å². The van der Waals surface area contributed by atoms with Crippen molar-refractivity contribution in [3.63, 3.8) is 0 Å². The molecule has 0 saturated carbocycles. The average Bonchev–Trinajstić information content (AvgIpc) is 2.70. The van der Waals surface area contributed by atoms with Crippen LogP contribution in [0.25, 0.3) is 0 Å². The van der Waals surface area contributed by atoms with Crippen LogP contribution in [0.4, 0.5) is 0 Å². The number of aldehydes is 1. The number of carbonyl (C=O) groups is 3. The van der Waals surface area contributed by atoms with Crippen LogP contribution < -0.4 is 9.47 Å². The summed E-state index contributed by atoms with van der Waals surface area (Å²) in [5.74, 6) is 1.05. The van der Waals surface area contributed by atoms with Crippen molar-refractivity contribution in [2.45, 2.75) is 13.3 Å². The second-order valence-corrected chi connectivity index (χ2v) is 6.57. The van der Waals surface area contributed by atoms with Crippen LogP contribution in [0.15, 0.2) is 60.7 Å². The molecule has 4 rings (SSSR count). The number of esters is 2. The standard InChI is InChI=1S/C23H16O6/c1-14-10-19(5-3-16(14)13-24)27-17-6-8-18(9-7-17)28-20-4-2-15-11-22(25)29-23(26)21(15)12-20/h2-10,12-13H,11H2,1H3. The van der Waals surface area contributed by atoms with Crippen molar-refractivity contribution in [2.24, 2.45) is 0 Å². The molecule has 0 unspecified atom stereocenters. The van der Waals surface area contributed by atoms with Crippen molar-refractivity contribution in [1.82, 2.24) is 0 Å². The molecule has 0 N–H and O–H groups in total. The van der Waals surface area contributed by atoms with E-state index in [2.05, 4.69) is 4.74 Å². The highest BCUT2D eigenvalue weighted by Crippen LogP contribution is 2.29. The zero-order valence-corrected chi connectivity index (χ0v) is 15.5. The minimum Gasteiger partial charge on any atom is -0.457 e. The molecular formula is C23H16O6.